The molecule has 3 aromatic rings. The summed E-state index contributed by atoms with van der Waals surface area (Å²) < 4.78 is 10.4. The lowest BCUT2D eigenvalue weighted by atomic mass is 10.1. The van der Waals surface area contributed by atoms with E-state index in [4.69, 9.17) is 9.47 Å². The van der Waals surface area contributed by atoms with Gasteiger partial charge in [-0.15, -0.1) is 0 Å². The maximum Gasteiger partial charge on any atom is 0.341 e. The summed E-state index contributed by atoms with van der Waals surface area (Å²) in [5.41, 5.74) is 2.69. The van der Waals surface area contributed by atoms with Gasteiger partial charge in [0.25, 0.3) is 5.91 Å². The second-order valence-corrected chi connectivity index (χ2v) is 5.93. The van der Waals surface area contributed by atoms with Crippen LogP contribution in [0.15, 0.2) is 48.7 Å². The summed E-state index contributed by atoms with van der Waals surface area (Å²) in [5.74, 6) is 0.00903. The summed E-state index contributed by atoms with van der Waals surface area (Å²) in [7, 11) is 3.16. The molecule has 0 aliphatic carbocycles. The van der Waals surface area contributed by atoms with Crippen LogP contribution in [0.2, 0.25) is 0 Å². The van der Waals surface area contributed by atoms with E-state index in [2.05, 4.69) is 15.6 Å². The van der Waals surface area contributed by atoms with Crippen LogP contribution in [0.5, 0.6) is 5.75 Å². The Bertz CT molecular complexity index is 1020. The fourth-order valence-corrected chi connectivity index (χ4v) is 2.80. The minimum absolute atomic E-state index is 0.223. The van der Waals surface area contributed by atoms with Crippen LogP contribution in [0, 0.1) is 0 Å². The van der Waals surface area contributed by atoms with Crippen LogP contribution in [0.3, 0.4) is 0 Å². The van der Waals surface area contributed by atoms with Gasteiger partial charge < -0.3 is 20.1 Å². The van der Waals surface area contributed by atoms with Crippen LogP contribution in [0.25, 0.3) is 10.9 Å². The number of methoxy groups -OCH3 is 1. The number of ether oxygens (including phenoxy) is 2. The van der Waals surface area contributed by atoms with Crippen molar-refractivity contribution in [3.05, 3.63) is 59.8 Å². The highest BCUT2D eigenvalue weighted by atomic mass is 16.5. The molecule has 0 spiro atoms. The Morgan fingerprint density at radius 3 is 2.50 bits per heavy atom. The van der Waals surface area contributed by atoms with Gasteiger partial charge >= 0.3 is 5.97 Å². The average Bonchev–Trinajstić information content (AvgIpc) is 2.73. The largest absolute Gasteiger partial charge is 0.497 e. The Morgan fingerprint density at radius 2 is 1.86 bits per heavy atom. The number of nitrogens with zero attached hydrogens (tertiary/aromatic N) is 1. The fourth-order valence-electron chi connectivity index (χ4n) is 2.80. The van der Waals surface area contributed by atoms with E-state index in [0.29, 0.717) is 27.7 Å². The van der Waals surface area contributed by atoms with Crippen LogP contribution in [0.1, 0.15) is 27.6 Å². The molecule has 0 atom stereocenters. The Balaban J connectivity index is 2.16. The molecule has 0 aliphatic rings. The molecule has 0 aliphatic heterocycles. The predicted molar refractivity (Wildman–Crippen MR) is 107 cm³/mol. The summed E-state index contributed by atoms with van der Waals surface area (Å²) in [6.45, 7) is 1.99. The van der Waals surface area contributed by atoms with Crippen LogP contribution >= 0.6 is 0 Å². The molecule has 0 saturated carbocycles. The Hall–Kier alpha value is -3.61. The number of nitrogens with one attached hydrogen (secondary N) is 2. The zero-order valence-corrected chi connectivity index (χ0v) is 15.9. The van der Waals surface area contributed by atoms with E-state index in [1.807, 2.05) is 24.3 Å². The molecule has 0 fully saturated rings. The molecule has 2 N–H and O–H groups in total. The van der Waals surface area contributed by atoms with E-state index in [1.165, 1.54) is 6.20 Å². The molecule has 28 heavy (non-hydrogen) atoms. The maximum absolute atomic E-state index is 12.5. The van der Waals surface area contributed by atoms with Gasteiger partial charge in [-0.2, -0.15) is 0 Å². The third-order valence-electron chi connectivity index (χ3n) is 4.21. The highest BCUT2D eigenvalue weighted by molar-refractivity contribution is 6.08. The molecule has 1 heterocycles. The summed E-state index contributed by atoms with van der Waals surface area (Å²) >= 11 is 0. The number of carbonyl (C=O) groups excluding carboxylic acids is 2. The molecular formula is C21H21N3O4. The van der Waals surface area contributed by atoms with Crippen LogP contribution in [-0.2, 0) is 4.74 Å². The van der Waals surface area contributed by atoms with Gasteiger partial charge in [-0.05, 0) is 49.4 Å². The first-order valence-electron chi connectivity index (χ1n) is 8.80. The number of benzene rings is 2. The number of carbonyl (C=O) groups is 2. The number of aromatic nitrogens is 1. The SMILES string of the molecule is CCOC(=O)c1cnc2ccc(C(=O)NC)cc2c1Nc1ccc(OC)cc1. The molecule has 0 bridgehead atoms. The monoisotopic (exact) mass is 379 g/mol. The molecule has 0 radical (unpaired) electrons. The van der Waals surface area contributed by atoms with E-state index in [1.54, 1.807) is 39.3 Å². The number of amides is 1. The molecule has 1 amide bonds. The van der Waals surface area contributed by atoms with Crippen LogP contribution in [0.4, 0.5) is 11.4 Å². The Morgan fingerprint density at radius 1 is 1.11 bits per heavy atom. The van der Waals surface area contributed by atoms with Crippen molar-refractivity contribution in [3.8, 4) is 5.75 Å². The van der Waals surface area contributed by atoms with Crippen molar-refractivity contribution in [2.45, 2.75) is 6.92 Å². The number of esters is 1. The standard InChI is InChI=1S/C21H21N3O4/c1-4-28-21(26)17-12-23-18-10-5-13(20(25)22-2)11-16(18)19(17)24-14-6-8-15(27-3)9-7-14/h5-12H,4H2,1-3H3,(H,22,25)(H,23,24). The minimum Gasteiger partial charge on any atom is -0.497 e. The number of fused-ring (bicyclic) bond motifs is 1. The zero-order chi connectivity index (χ0) is 20.1. The summed E-state index contributed by atoms with van der Waals surface area (Å²) in [4.78, 5) is 28.9. The molecule has 3 rings (SSSR count). The molecule has 144 valence electrons. The van der Waals surface area contributed by atoms with Crippen molar-refractivity contribution in [1.82, 2.24) is 10.3 Å². The maximum atomic E-state index is 12.5. The second-order valence-electron chi connectivity index (χ2n) is 5.93. The fraction of sp³-hybridized carbons (Fsp3) is 0.190. The lowest BCUT2D eigenvalue weighted by Crippen LogP contribution is -2.17. The molecule has 7 nitrogen and oxygen atoms in total. The van der Waals surface area contributed by atoms with Gasteiger partial charge in [0.15, 0.2) is 0 Å². The highest BCUT2D eigenvalue weighted by Gasteiger charge is 2.18. The van der Waals surface area contributed by atoms with Gasteiger partial charge in [0.2, 0.25) is 0 Å². The number of hydrogen-bond donors (Lipinski definition) is 2. The Labute approximate surface area is 162 Å². The third-order valence-corrected chi connectivity index (χ3v) is 4.21. The molecule has 7 heteroatoms. The predicted octanol–water partition coefficient (Wildman–Crippen LogP) is 3.52. The molecule has 1 aromatic heterocycles. The normalized spacial score (nSPS) is 10.4. The third kappa shape index (κ3) is 3.88. The number of anilines is 2. The number of rotatable bonds is 6. The van der Waals surface area contributed by atoms with Crippen molar-refractivity contribution in [2.24, 2.45) is 0 Å². The van der Waals surface area contributed by atoms with Gasteiger partial charge in [-0.1, -0.05) is 0 Å². The van der Waals surface area contributed by atoms with Crippen molar-refractivity contribution in [3.63, 3.8) is 0 Å². The Kier molecular flexibility index (Phi) is 5.74. The van der Waals surface area contributed by atoms with Crippen molar-refractivity contribution >= 4 is 34.2 Å². The first kappa shape index (κ1) is 19.2. The van der Waals surface area contributed by atoms with Crippen LogP contribution < -0.4 is 15.4 Å². The minimum atomic E-state index is -0.488. The molecule has 0 unspecified atom stereocenters. The smallest absolute Gasteiger partial charge is 0.341 e. The summed E-state index contributed by atoms with van der Waals surface area (Å²) in [5, 5.41) is 6.50. The van der Waals surface area contributed by atoms with E-state index < -0.39 is 5.97 Å². The van der Waals surface area contributed by atoms with Gasteiger partial charge in [0.1, 0.15) is 11.3 Å². The van der Waals surface area contributed by atoms with Crippen LogP contribution in [-0.4, -0.2) is 37.6 Å². The lowest BCUT2D eigenvalue weighted by molar-refractivity contribution is 0.0527. The van der Waals surface area contributed by atoms with Crippen molar-refractivity contribution in [2.75, 3.05) is 26.1 Å². The first-order valence-corrected chi connectivity index (χ1v) is 8.80. The van der Waals surface area contributed by atoms with Gasteiger partial charge in [-0.25, -0.2) is 4.79 Å². The number of hydrogen-bond acceptors (Lipinski definition) is 6. The molecule has 2 aromatic carbocycles. The summed E-state index contributed by atoms with van der Waals surface area (Å²) in [6, 6.07) is 12.4. The van der Waals surface area contributed by atoms with Crippen molar-refractivity contribution in [1.29, 1.82) is 0 Å². The van der Waals surface area contributed by atoms with E-state index in [-0.39, 0.29) is 12.5 Å². The second kappa shape index (κ2) is 8.39. The quantitative estimate of drug-likeness (QED) is 0.637. The topological polar surface area (TPSA) is 89.5 Å². The van der Waals surface area contributed by atoms with Crippen molar-refractivity contribution < 1.29 is 19.1 Å². The number of pyridine rings is 1. The first-order chi connectivity index (χ1) is 13.6. The van der Waals surface area contributed by atoms with Gasteiger partial charge in [-0.3, -0.25) is 9.78 Å². The van der Waals surface area contributed by atoms with Gasteiger partial charge in [0, 0.05) is 29.9 Å². The van der Waals surface area contributed by atoms with Gasteiger partial charge in [0.05, 0.1) is 24.9 Å². The lowest BCUT2D eigenvalue weighted by Gasteiger charge is -2.15. The average molecular weight is 379 g/mol. The van der Waals surface area contributed by atoms with E-state index in [9.17, 15) is 9.59 Å². The van der Waals surface area contributed by atoms with E-state index in [0.717, 1.165) is 11.4 Å². The zero-order valence-electron chi connectivity index (χ0n) is 15.9. The summed E-state index contributed by atoms with van der Waals surface area (Å²) in [6.07, 6.45) is 1.48. The highest BCUT2D eigenvalue weighted by Crippen LogP contribution is 2.31. The molecular weight excluding hydrogens is 358 g/mol. The molecule has 0 saturated heterocycles. The van der Waals surface area contributed by atoms with E-state index >= 15 is 0 Å².